The van der Waals surface area contributed by atoms with Crippen LogP contribution in [0.25, 0.3) is 0 Å². The number of methoxy groups -OCH3 is 1. The van der Waals surface area contributed by atoms with E-state index in [1.807, 2.05) is 35.4 Å². The van der Waals surface area contributed by atoms with Gasteiger partial charge in [-0.2, -0.15) is 5.10 Å². The molecule has 5 rings (SSSR count). The lowest BCUT2D eigenvalue weighted by Crippen LogP contribution is -2.53. The Bertz CT molecular complexity index is 1080. The highest BCUT2D eigenvalue weighted by atomic mass is 16.5. The maximum absolute atomic E-state index is 13.9. The number of nitrogens with zero attached hydrogens (tertiary/aromatic N) is 5. The lowest BCUT2D eigenvalue weighted by Gasteiger charge is -2.42. The minimum Gasteiger partial charge on any atom is -0.497 e. The number of rotatable bonds is 6. The number of amides is 2. The molecule has 1 N–H and O–H groups in total. The maximum Gasteiger partial charge on any atom is 0.326 e. The number of aryl methyl sites for hydroxylation is 1. The molecule has 3 aliphatic rings. The van der Waals surface area contributed by atoms with E-state index in [-0.39, 0.29) is 17.5 Å². The third-order valence-corrected chi connectivity index (χ3v) is 7.54. The van der Waals surface area contributed by atoms with E-state index >= 15 is 0 Å². The Morgan fingerprint density at radius 1 is 1.21 bits per heavy atom. The lowest BCUT2D eigenvalue weighted by molar-refractivity contribution is 0.0825. The van der Waals surface area contributed by atoms with Gasteiger partial charge in [0.15, 0.2) is 0 Å². The van der Waals surface area contributed by atoms with E-state index in [9.17, 15) is 4.79 Å². The summed E-state index contributed by atoms with van der Waals surface area (Å²) >= 11 is 0. The summed E-state index contributed by atoms with van der Waals surface area (Å²) in [6.07, 6.45) is 4.68. The Morgan fingerprint density at radius 3 is 2.74 bits per heavy atom. The van der Waals surface area contributed by atoms with Crippen molar-refractivity contribution in [1.82, 2.24) is 20.2 Å². The average molecular weight is 463 g/mol. The van der Waals surface area contributed by atoms with Gasteiger partial charge in [0, 0.05) is 44.0 Å². The van der Waals surface area contributed by atoms with Gasteiger partial charge in [0.2, 0.25) is 0 Å². The van der Waals surface area contributed by atoms with Crippen LogP contribution in [0.2, 0.25) is 0 Å². The van der Waals surface area contributed by atoms with Crippen LogP contribution in [0.5, 0.6) is 5.75 Å². The number of nitrogens with one attached hydrogen (secondary N) is 1. The number of hydrazone groups is 1. The van der Waals surface area contributed by atoms with Crippen molar-refractivity contribution in [3.63, 3.8) is 0 Å². The molecule has 1 aromatic carbocycles. The molecule has 2 aromatic rings. The van der Waals surface area contributed by atoms with Crippen LogP contribution in [0.15, 0.2) is 41.5 Å². The van der Waals surface area contributed by atoms with Gasteiger partial charge in [-0.05, 0) is 55.6 Å². The predicted octanol–water partition coefficient (Wildman–Crippen LogP) is 3.23. The summed E-state index contributed by atoms with van der Waals surface area (Å²) in [6, 6.07) is 12.2. The number of piperidine rings is 1. The van der Waals surface area contributed by atoms with Crippen molar-refractivity contribution in [1.29, 1.82) is 0 Å². The largest absolute Gasteiger partial charge is 0.497 e. The first kappa shape index (κ1) is 22.7. The summed E-state index contributed by atoms with van der Waals surface area (Å²) in [5.74, 6) is 1.80. The Labute approximate surface area is 201 Å². The first-order valence-corrected chi connectivity index (χ1v) is 12.2. The molecule has 2 saturated heterocycles. The molecule has 4 heterocycles. The summed E-state index contributed by atoms with van der Waals surface area (Å²) in [7, 11) is 3.83. The van der Waals surface area contributed by atoms with Gasteiger partial charge in [-0.1, -0.05) is 25.1 Å². The van der Waals surface area contributed by atoms with Gasteiger partial charge in [-0.25, -0.2) is 9.78 Å². The zero-order valence-electron chi connectivity index (χ0n) is 20.3. The smallest absolute Gasteiger partial charge is 0.326 e. The van der Waals surface area contributed by atoms with Gasteiger partial charge in [0.1, 0.15) is 11.6 Å². The summed E-state index contributed by atoms with van der Waals surface area (Å²) in [5, 5.41) is 4.17. The Balaban J connectivity index is 1.46. The molecule has 1 aromatic heterocycles. The fourth-order valence-corrected chi connectivity index (χ4v) is 5.43. The molecule has 34 heavy (non-hydrogen) atoms. The van der Waals surface area contributed by atoms with Crippen LogP contribution in [0.4, 0.5) is 10.6 Å². The van der Waals surface area contributed by atoms with Crippen LogP contribution in [0, 0.1) is 0 Å². The number of carbonyl (C=O) groups is 1. The monoisotopic (exact) mass is 462 g/mol. The van der Waals surface area contributed by atoms with Gasteiger partial charge in [-0.15, -0.1) is 0 Å². The van der Waals surface area contributed by atoms with Gasteiger partial charge < -0.3 is 20.0 Å². The summed E-state index contributed by atoms with van der Waals surface area (Å²) in [5.41, 5.74) is 6.15. The molecule has 8 nitrogen and oxygen atoms in total. The fraction of sp³-hybridized carbons (Fsp3) is 0.500. The Morgan fingerprint density at radius 2 is 2.03 bits per heavy atom. The molecule has 8 heteroatoms. The van der Waals surface area contributed by atoms with Gasteiger partial charge in [-0.3, -0.25) is 4.90 Å². The number of urea groups is 1. The molecule has 2 amide bonds. The van der Waals surface area contributed by atoms with Gasteiger partial charge in [0.25, 0.3) is 0 Å². The second-order valence-corrected chi connectivity index (χ2v) is 9.64. The molecule has 0 bridgehead atoms. The summed E-state index contributed by atoms with van der Waals surface area (Å²) in [4.78, 5) is 25.2. The number of likely N-dealkylation sites (tertiary alicyclic amines) is 1. The Hall–Kier alpha value is -3.13. The van der Waals surface area contributed by atoms with Crippen LogP contribution >= 0.6 is 0 Å². The van der Waals surface area contributed by atoms with Gasteiger partial charge in [0.05, 0.1) is 19.2 Å². The number of hydrogen-bond acceptors (Lipinski definition) is 6. The number of carbonyl (C=O) groups excluding carboxylic acids is 1. The van der Waals surface area contributed by atoms with E-state index in [4.69, 9.17) is 9.72 Å². The molecule has 3 aliphatic heterocycles. The molecular weight excluding hydrogens is 428 g/mol. The van der Waals surface area contributed by atoms with Crippen molar-refractivity contribution < 1.29 is 9.53 Å². The summed E-state index contributed by atoms with van der Waals surface area (Å²) in [6.45, 7) is 6.12. The third-order valence-electron chi connectivity index (χ3n) is 7.54. The van der Waals surface area contributed by atoms with Crippen molar-refractivity contribution >= 4 is 18.1 Å². The second-order valence-electron chi connectivity index (χ2n) is 9.64. The number of aromatic nitrogens is 1. The van der Waals surface area contributed by atoms with E-state index in [2.05, 4.69) is 46.4 Å². The van der Waals surface area contributed by atoms with Crippen LogP contribution in [0.3, 0.4) is 0 Å². The maximum atomic E-state index is 13.9. The number of benzene rings is 1. The normalized spacial score (nSPS) is 22.0. The standard InChI is InChI=1S/C26H34N6O2/c1-4-23-22(20-15-27-28-16-20)8-9-24(29-23)31-18-26(10-12-30(2)13-11-26)32(25(31)33)17-19-6-5-7-21(14-19)34-3/h5-9,14-15,20,28H,4,10-13,16-18H2,1-3H3. The summed E-state index contributed by atoms with van der Waals surface area (Å²) < 4.78 is 5.42. The van der Waals surface area contributed by atoms with Gasteiger partial charge >= 0.3 is 6.03 Å². The molecule has 1 unspecified atom stereocenters. The minimum atomic E-state index is -0.193. The van der Waals surface area contributed by atoms with E-state index in [0.717, 1.165) is 61.7 Å². The van der Waals surface area contributed by atoms with Crippen molar-refractivity contribution in [2.24, 2.45) is 5.10 Å². The third kappa shape index (κ3) is 4.11. The molecule has 0 aliphatic carbocycles. The Kier molecular flexibility index (Phi) is 6.16. The number of hydrogen-bond donors (Lipinski definition) is 1. The van der Waals surface area contributed by atoms with Crippen LogP contribution in [-0.4, -0.2) is 72.9 Å². The van der Waals surface area contributed by atoms with E-state index in [1.54, 1.807) is 7.11 Å². The lowest BCUT2D eigenvalue weighted by atomic mass is 9.86. The quantitative estimate of drug-likeness (QED) is 0.714. The van der Waals surface area contributed by atoms with E-state index < -0.39 is 0 Å². The van der Waals surface area contributed by atoms with E-state index in [1.165, 1.54) is 5.56 Å². The average Bonchev–Trinajstić information content (AvgIpc) is 3.49. The predicted molar refractivity (Wildman–Crippen MR) is 134 cm³/mol. The topological polar surface area (TPSA) is 73.3 Å². The second kappa shape index (κ2) is 9.25. The number of pyridine rings is 1. The molecule has 1 atom stereocenters. The number of anilines is 1. The molecule has 0 saturated carbocycles. The minimum absolute atomic E-state index is 0.0405. The fourth-order valence-electron chi connectivity index (χ4n) is 5.43. The van der Waals surface area contributed by atoms with Crippen LogP contribution in [-0.2, 0) is 13.0 Å². The highest BCUT2D eigenvalue weighted by Crippen LogP contribution is 2.39. The van der Waals surface area contributed by atoms with Crippen molar-refractivity contribution in [3.8, 4) is 5.75 Å². The van der Waals surface area contributed by atoms with E-state index in [0.29, 0.717) is 13.1 Å². The van der Waals surface area contributed by atoms with Crippen molar-refractivity contribution in [2.75, 3.05) is 45.2 Å². The number of ether oxygens (including phenoxy) is 1. The molecular formula is C26H34N6O2. The first-order valence-electron chi connectivity index (χ1n) is 12.2. The molecule has 2 fully saturated rings. The van der Waals surface area contributed by atoms with Crippen molar-refractivity contribution in [3.05, 3.63) is 53.2 Å². The zero-order chi connectivity index (χ0) is 23.7. The van der Waals surface area contributed by atoms with Crippen LogP contribution in [0.1, 0.15) is 42.5 Å². The molecule has 1 spiro atoms. The SMILES string of the molecule is CCc1nc(N2CC3(CCN(C)CC3)N(Cc3cccc(OC)c3)C2=O)ccc1C1C=NNC1. The molecule has 180 valence electrons. The highest BCUT2D eigenvalue weighted by Gasteiger charge is 2.51. The highest BCUT2D eigenvalue weighted by molar-refractivity contribution is 5.94. The van der Waals surface area contributed by atoms with Crippen molar-refractivity contribution in [2.45, 2.75) is 44.2 Å². The zero-order valence-corrected chi connectivity index (χ0v) is 20.3. The van der Waals surface area contributed by atoms with Crippen LogP contribution < -0.4 is 15.1 Å². The first-order chi connectivity index (χ1) is 16.5. The molecule has 0 radical (unpaired) electrons.